The van der Waals surface area contributed by atoms with E-state index >= 15 is 0 Å². The van der Waals surface area contributed by atoms with Crippen molar-refractivity contribution in [2.75, 3.05) is 25.0 Å². The van der Waals surface area contributed by atoms with E-state index in [1.54, 1.807) is 20.0 Å². The zero-order chi connectivity index (χ0) is 30.8. The number of hydrogen-bond donors (Lipinski definition) is 3. The third kappa shape index (κ3) is 9.03. The van der Waals surface area contributed by atoms with Gasteiger partial charge in [0, 0.05) is 42.4 Å². The average Bonchev–Trinajstić information content (AvgIpc) is 3.70. The van der Waals surface area contributed by atoms with Crippen LogP contribution in [-0.2, 0) is 32.1 Å². The molecule has 4 rings (SSSR count). The van der Waals surface area contributed by atoms with Crippen LogP contribution in [0.2, 0.25) is 0 Å². The highest BCUT2D eigenvalue weighted by molar-refractivity contribution is 14.1. The van der Waals surface area contributed by atoms with E-state index in [0.717, 1.165) is 37.1 Å². The Morgan fingerprint density at radius 1 is 1.05 bits per heavy atom. The first kappa shape index (κ1) is 33.0. The van der Waals surface area contributed by atoms with Crippen LogP contribution in [0.5, 0.6) is 0 Å². The van der Waals surface area contributed by atoms with Gasteiger partial charge in [-0.05, 0) is 49.8 Å². The summed E-state index contributed by atoms with van der Waals surface area (Å²) in [5, 5.41) is 5.22. The van der Waals surface area contributed by atoms with Gasteiger partial charge in [0.2, 0.25) is 11.8 Å². The molecule has 2 heterocycles. The second kappa shape index (κ2) is 15.7. The lowest BCUT2D eigenvalue weighted by Gasteiger charge is -2.25. The Balaban J connectivity index is 1.51. The Labute approximate surface area is 271 Å². The van der Waals surface area contributed by atoms with Crippen molar-refractivity contribution in [2.45, 2.75) is 63.5 Å². The van der Waals surface area contributed by atoms with Gasteiger partial charge in [0.1, 0.15) is 22.7 Å². The maximum absolute atomic E-state index is 13.6. The van der Waals surface area contributed by atoms with Gasteiger partial charge in [-0.2, -0.15) is 0 Å². The smallest absolute Gasteiger partial charge is 0.250 e. The number of amides is 3. The molecule has 43 heavy (non-hydrogen) atoms. The maximum atomic E-state index is 13.6. The lowest BCUT2D eigenvalue weighted by molar-refractivity contribution is -0.131. The van der Waals surface area contributed by atoms with E-state index in [1.807, 2.05) is 99.3 Å². The SMILES string of the molecule is CCc1nc(NC(=O)C(COCc2ccccc2)NC(=O)C(C)(C)NI)cn1SC(C(=O)N1CCCC1)c1ccccc1. The number of nitrogens with one attached hydrogen (secondary N) is 3. The van der Waals surface area contributed by atoms with Crippen molar-refractivity contribution in [1.29, 1.82) is 0 Å². The van der Waals surface area contributed by atoms with Crippen LogP contribution in [0.25, 0.3) is 0 Å². The first-order valence-corrected chi connectivity index (χ1v) is 16.3. The number of halogens is 1. The standard InChI is InChI=1S/C31H39IN6O4S/c1-4-26-34-25(19-38(26)43-27(23-15-9-6-10-16-23)29(40)37-17-11-12-18-37)35-28(39)24(33-30(41)31(2,3)36-32)21-42-20-22-13-7-5-8-14-22/h5-10,13-16,19,24,27,36H,4,11-12,17-18,20-21H2,1-3H3,(H,33,41)(H,35,39). The molecule has 0 radical (unpaired) electrons. The monoisotopic (exact) mass is 718 g/mol. The van der Waals surface area contributed by atoms with Crippen molar-refractivity contribution in [3.63, 3.8) is 0 Å². The number of anilines is 1. The van der Waals surface area contributed by atoms with E-state index in [4.69, 9.17) is 4.74 Å². The molecule has 0 spiro atoms. The fourth-order valence-corrected chi connectivity index (χ4v) is 5.97. The Kier molecular flexibility index (Phi) is 12.0. The van der Waals surface area contributed by atoms with E-state index in [0.29, 0.717) is 24.7 Å². The quantitative estimate of drug-likeness (QED) is 0.164. The van der Waals surface area contributed by atoms with Crippen LogP contribution < -0.4 is 14.2 Å². The number of hydrogen-bond acceptors (Lipinski definition) is 7. The van der Waals surface area contributed by atoms with E-state index in [9.17, 15) is 14.4 Å². The molecule has 230 valence electrons. The molecule has 0 aliphatic carbocycles. The molecule has 2 atom stereocenters. The van der Waals surface area contributed by atoms with E-state index < -0.39 is 22.7 Å². The summed E-state index contributed by atoms with van der Waals surface area (Å²) in [7, 11) is 0. The first-order valence-electron chi connectivity index (χ1n) is 14.4. The minimum atomic E-state index is -0.961. The topological polar surface area (TPSA) is 118 Å². The molecule has 2 unspecified atom stereocenters. The van der Waals surface area contributed by atoms with Gasteiger partial charge < -0.3 is 20.3 Å². The van der Waals surface area contributed by atoms with Crippen LogP contribution in [0, 0.1) is 0 Å². The molecule has 1 aromatic heterocycles. The lowest BCUT2D eigenvalue weighted by Crippen LogP contribution is -2.56. The third-order valence-electron chi connectivity index (χ3n) is 7.10. The van der Waals surface area contributed by atoms with Crippen LogP contribution in [-0.4, -0.2) is 62.9 Å². The number of aryl methyl sites for hydroxylation is 1. The van der Waals surface area contributed by atoms with Crippen LogP contribution in [0.1, 0.15) is 55.8 Å². The number of benzene rings is 2. The number of imidazole rings is 1. The number of aromatic nitrogens is 2. The second-order valence-corrected chi connectivity index (χ2v) is 12.5. The first-order chi connectivity index (χ1) is 20.7. The van der Waals surface area contributed by atoms with Gasteiger partial charge in [0.15, 0.2) is 5.82 Å². The van der Waals surface area contributed by atoms with Gasteiger partial charge in [-0.15, -0.1) is 0 Å². The van der Waals surface area contributed by atoms with Gasteiger partial charge in [-0.25, -0.2) is 8.51 Å². The van der Waals surface area contributed by atoms with E-state index in [-0.39, 0.29) is 18.4 Å². The number of carbonyl (C=O) groups is 3. The molecule has 1 aliphatic rings. The third-order valence-corrected chi connectivity index (χ3v) is 9.67. The Morgan fingerprint density at radius 2 is 1.70 bits per heavy atom. The maximum Gasteiger partial charge on any atom is 0.250 e. The van der Waals surface area contributed by atoms with Gasteiger partial charge >= 0.3 is 0 Å². The molecule has 1 fully saturated rings. The number of rotatable bonds is 14. The highest BCUT2D eigenvalue weighted by Crippen LogP contribution is 2.35. The summed E-state index contributed by atoms with van der Waals surface area (Å²) in [6.45, 7) is 7.23. The molecule has 10 nitrogen and oxygen atoms in total. The van der Waals surface area contributed by atoms with Crippen molar-refractivity contribution in [3.8, 4) is 0 Å². The summed E-state index contributed by atoms with van der Waals surface area (Å²) in [5.74, 6) is 0.331. The van der Waals surface area contributed by atoms with Gasteiger partial charge in [0.05, 0.1) is 19.4 Å². The van der Waals surface area contributed by atoms with Crippen LogP contribution in [0.15, 0.2) is 66.9 Å². The summed E-state index contributed by atoms with van der Waals surface area (Å²) in [4.78, 5) is 46.6. The summed E-state index contributed by atoms with van der Waals surface area (Å²) in [5.41, 5.74) is 0.970. The molecule has 0 bridgehead atoms. The largest absolute Gasteiger partial charge is 0.374 e. The summed E-state index contributed by atoms with van der Waals surface area (Å²) in [6.07, 6.45) is 4.35. The molecule has 3 amide bonds. The van der Waals surface area contributed by atoms with E-state index in [2.05, 4.69) is 19.1 Å². The normalized spacial score (nSPS) is 14.7. The molecule has 3 N–H and O–H groups in total. The predicted molar refractivity (Wildman–Crippen MR) is 177 cm³/mol. The number of carbonyl (C=O) groups excluding carboxylic acids is 3. The van der Waals surface area contributed by atoms with Crippen molar-refractivity contribution in [1.82, 2.24) is 22.7 Å². The number of nitrogens with zero attached hydrogens (tertiary/aromatic N) is 3. The highest BCUT2D eigenvalue weighted by Gasteiger charge is 2.32. The summed E-state index contributed by atoms with van der Waals surface area (Å²) < 4.78 is 10.6. The molecule has 3 aromatic rings. The van der Waals surface area contributed by atoms with Gasteiger partial charge in [-0.3, -0.25) is 18.4 Å². The fourth-order valence-electron chi connectivity index (χ4n) is 4.53. The number of ether oxygens (including phenoxy) is 1. The van der Waals surface area contributed by atoms with Crippen LogP contribution in [0.3, 0.4) is 0 Å². The summed E-state index contributed by atoms with van der Waals surface area (Å²) in [6, 6.07) is 18.4. The lowest BCUT2D eigenvalue weighted by atomic mass is 10.1. The predicted octanol–water partition coefficient (Wildman–Crippen LogP) is 4.66. The van der Waals surface area contributed by atoms with Gasteiger partial charge in [0.25, 0.3) is 5.91 Å². The Hall–Kier alpha value is -2.94. The minimum absolute atomic E-state index is 0.0275. The Bertz CT molecular complexity index is 1370. The zero-order valence-electron chi connectivity index (χ0n) is 24.7. The second-order valence-electron chi connectivity index (χ2n) is 10.9. The molecule has 1 aliphatic heterocycles. The highest BCUT2D eigenvalue weighted by atomic mass is 127. The molecule has 2 aromatic carbocycles. The van der Waals surface area contributed by atoms with Gasteiger partial charge in [-0.1, -0.05) is 67.6 Å². The average molecular weight is 719 g/mol. The van der Waals surface area contributed by atoms with E-state index in [1.165, 1.54) is 11.9 Å². The Morgan fingerprint density at radius 3 is 2.33 bits per heavy atom. The van der Waals surface area contributed by atoms with Crippen molar-refractivity contribution in [3.05, 3.63) is 83.8 Å². The molecular formula is C31H39IN6O4S. The molecular weight excluding hydrogens is 679 g/mol. The number of likely N-dealkylation sites (tertiary alicyclic amines) is 1. The van der Waals surface area contributed by atoms with Crippen molar-refractivity contribution >= 4 is 58.4 Å². The molecule has 0 saturated carbocycles. The summed E-state index contributed by atoms with van der Waals surface area (Å²) >= 11 is 3.30. The van der Waals surface area contributed by atoms with Crippen LogP contribution in [0.4, 0.5) is 5.82 Å². The molecule has 12 heteroatoms. The van der Waals surface area contributed by atoms with Crippen molar-refractivity contribution < 1.29 is 19.1 Å². The minimum Gasteiger partial charge on any atom is -0.374 e. The van der Waals surface area contributed by atoms with Crippen LogP contribution >= 0.6 is 34.8 Å². The zero-order valence-corrected chi connectivity index (χ0v) is 27.7. The van der Waals surface area contributed by atoms with Crippen molar-refractivity contribution in [2.24, 2.45) is 0 Å². The fraction of sp³-hybridized carbons (Fsp3) is 0.419. The molecule has 1 saturated heterocycles.